The first-order valence-electron chi connectivity index (χ1n) is 10.5. The van der Waals surface area contributed by atoms with Crippen LogP contribution in [-0.4, -0.2) is 48.2 Å². The van der Waals surface area contributed by atoms with Gasteiger partial charge in [0.05, 0.1) is 7.11 Å². The zero-order valence-corrected chi connectivity index (χ0v) is 17.0. The smallest absolute Gasteiger partial charge is 0.334 e. The molecule has 0 aromatic rings. The molecule has 3 saturated carbocycles. The Morgan fingerprint density at radius 1 is 1.22 bits per heavy atom. The van der Waals surface area contributed by atoms with Crippen LogP contribution in [0.2, 0.25) is 0 Å². The number of rotatable bonds is 2. The van der Waals surface area contributed by atoms with Gasteiger partial charge in [-0.15, -0.1) is 0 Å². The Labute approximate surface area is 162 Å². The van der Waals surface area contributed by atoms with Crippen LogP contribution in [0.15, 0.2) is 12.2 Å². The van der Waals surface area contributed by atoms with Crippen molar-refractivity contribution in [3.8, 4) is 0 Å². The summed E-state index contributed by atoms with van der Waals surface area (Å²) in [6.45, 7) is 4.63. The molecule has 1 N–H and O–H groups in total. The molecule has 0 bridgehead atoms. The summed E-state index contributed by atoms with van der Waals surface area (Å²) in [5.74, 6) is 1.33. The summed E-state index contributed by atoms with van der Waals surface area (Å²) in [5, 5.41) is 10.6. The van der Waals surface area contributed by atoms with Crippen LogP contribution in [-0.2, 0) is 14.3 Å². The fourth-order valence-electron chi connectivity index (χ4n) is 7.58. The maximum absolute atomic E-state index is 12.2. The van der Waals surface area contributed by atoms with Crippen LogP contribution in [0.5, 0.6) is 0 Å². The fourth-order valence-corrected chi connectivity index (χ4v) is 7.58. The molecule has 3 fully saturated rings. The highest BCUT2D eigenvalue weighted by molar-refractivity contribution is 5.89. The van der Waals surface area contributed by atoms with Crippen LogP contribution >= 0.6 is 0 Å². The van der Waals surface area contributed by atoms with Gasteiger partial charge < -0.3 is 14.7 Å². The number of fused-ring (bicyclic) bond motifs is 5. The van der Waals surface area contributed by atoms with E-state index in [2.05, 4.69) is 19.9 Å². The van der Waals surface area contributed by atoms with E-state index in [1.165, 1.54) is 7.11 Å². The zero-order valence-electron chi connectivity index (χ0n) is 17.0. The van der Waals surface area contributed by atoms with Gasteiger partial charge in [-0.3, -0.25) is 4.79 Å². The number of aliphatic hydroxyl groups excluding tert-OH is 1. The van der Waals surface area contributed by atoms with E-state index >= 15 is 0 Å². The first kappa shape index (κ1) is 19.0. The molecule has 1 aliphatic heterocycles. The highest BCUT2D eigenvalue weighted by Gasteiger charge is 2.61. The molecule has 27 heavy (non-hydrogen) atoms. The molecule has 4 rings (SSSR count). The molecule has 0 aromatic heterocycles. The van der Waals surface area contributed by atoms with Crippen molar-refractivity contribution in [2.75, 3.05) is 14.2 Å². The number of carbonyl (C=O) groups excluding carboxylic acids is 2. The lowest BCUT2D eigenvalue weighted by Crippen LogP contribution is -2.60. The highest BCUT2D eigenvalue weighted by atomic mass is 16.5. The van der Waals surface area contributed by atoms with Crippen molar-refractivity contribution in [2.24, 2.45) is 34.5 Å². The predicted molar refractivity (Wildman–Crippen MR) is 102 cm³/mol. The lowest BCUT2D eigenvalue weighted by atomic mass is 9.47. The largest absolute Gasteiger partial charge is 0.467 e. The van der Waals surface area contributed by atoms with Crippen LogP contribution in [0.4, 0.5) is 0 Å². The Morgan fingerprint density at radius 3 is 2.67 bits per heavy atom. The van der Waals surface area contributed by atoms with Gasteiger partial charge in [-0.2, -0.15) is 0 Å². The van der Waals surface area contributed by atoms with Crippen molar-refractivity contribution in [1.82, 2.24) is 4.90 Å². The molecule has 150 valence electrons. The van der Waals surface area contributed by atoms with E-state index < -0.39 is 12.1 Å². The van der Waals surface area contributed by atoms with Gasteiger partial charge in [0.15, 0.2) is 6.10 Å². The topological polar surface area (TPSA) is 66.8 Å². The minimum Gasteiger partial charge on any atom is -0.467 e. The third-order valence-corrected chi connectivity index (χ3v) is 9.02. The SMILES string of the molecule is COC(=O)C(O)[C@H]1CC[C@H]2C3CC[C@H]4N(C)C(=O)C=C[C@]4(C)C3CC[C@]12C. The van der Waals surface area contributed by atoms with Gasteiger partial charge >= 0.3 is 5.97 Å². The van der Waals surface area contributed by atoms with Gasteiger partial charge in [-0.1, -0.05) is 19.9 Å². The normalized spacial score (nSPS) is 47.1. The van der Waals surface area contributed by atoms with E-state index in [4.69, 9.17) is 4.74 Å². The van der Waals surface area contributed by atoms with Crippen LogP contribution < -0.4 is 0 Å². The van der Waals surface area contributed by atoms with E-state index in [1.807, 2.05) is 11.9 Å². The van der Waals surface area contributed by atoms with Crippen molar-refractivity contribution in [3.05, 3.63) is 12.2 Å². The molecule has 0 aromatic carbocycles. The van der Waals surface area contributed by atoms with Crippen molar-refractivity contribution < 1.29 is 19.4 Å². The van der Waals surface area contributed by atoms with Gasteiger partial charge in [-0.05, 0) is 67.8 Å². The Bertz CT molecular complexity index is 675. The van der Waals surface area contributed by atoms with Crippen molar-refractivity contribution in [1.29, 1.82) is 0 Å². The number of amides is 1. The van der Waals surface area contributed by atoms with E-state index in [9.17, 15) is 14.7 Å². The Kier molecular flexibility index (Phi) is 4.45. The molecule has 4 aliphatic rings. The minimum absolute atomic E-state index is 0.00191. The standard InChI is InChI=1S/C22H33NO4/c1-21-11-9-15-13(14(21)6-7-16(21)19(25)20(26)27-4)5-8-17-22(15,2)12-10-18(24)23(17)3/h10,12-17,19,25H,5-9,11H2,1-4H3/t13?,14-,15?,16+,17+,19?,21-,22+/m0/s1. The molecule has 3 unspecified atom stereocenters. The summed E-state index contributed by atoms with van der Waals surface area (Å²) in [6.07, 6.45) is 9.24. The second-order valence-electron chi connectivity index (χ2n) is 9.81. The van der Waals surface area contributed by atoms with Gasteiger partial charge in [0, 0.05) is 24.4 Å². The second-order valence-corrected chi connectivity index (χ2v) is 9.81. The molecule has 0 radical (unpaired) electrons. The highest BCUT2D eigenvalue weighted by Crippen LogP contribution is 2.65. The number of nitrogens with zero attached hydrogens (tertiary/aromatic N) is 1. The maximum atomic E-state index is 12.2. The third kappa shape index (κ3) is 2.53. The van der Waals surface area contributed by atoms with Crippen LogP contribution in [0.3, 0.4) is 0 Å². The minimum atomic E-state index is -1.01. The lowest BCUT2D eigenvalue weighted by Gasteiger charge is -2.60. The summed E-state index contributed by atoms with van der Waals surface area (Å²) in [7, 11) is 3.30. The summed E-state index contributed by atoms with van der Waals surface area (Å²) in [5.41, 5.74) is 0.0318. The van der Waals surface area contributed by atoms with Gasteiger partial charge in [0.2, 0.25) is 5.91 Å². The molecule has 3 aliphatic carbocycles. The van der Waals surface area contributed by atoms with E-state index in [1.54, 1.807) is 6.08 Å². The summed E-state index contributed by atoms with van der Waals surface area (Å²) >= 11 is 0. The Morgan fingerprint density at radius 2 is 1.96 bits per heavy atom. The molecule has 5 nitrogen and oxygen atoms in total. The van der Waals surface area contributed by atoms with Crippen molar-refractivity contribution in [2.45, 2.75) is 64.5 Å². The monoisotopic (exact) mass is 375 g/mol. The van der Waals surface area contributed by atoms with Crippen LogP contribution in [0.1, 0.15) is 52.4 Å². The molecule has 0 saturated heterocycles. The molecule has 5 heteroatoms. The second kappa shape index (κ2) is 6.33. The summed E-state index contributed by atoms with van der Waals surface area (Å²) in [4.78, 5) is 26.1. The van der Waals surface area contributed by atoms with Gasteiger partial charge in [-0.25, -0.2) is 4.79 Å². The summed E-state index contributed by atoms with van der Waals surface area (Å²) in [6, 6.07) is 0.290. The first-order valence-corrected chi connectivity index (χ1v) is 10.5. The Balaban J connectivity index is 1.62. The lowest BCUT2D eigenvalue weighted by molar-refractivity contribution is -0.159. The molecular formula is C22H33NO4. The fraction of sp³-hybridized carbons (Fsp3) is 0.818. The number of ether oxygens (including phenoxy) is 1. The molecule has 0 spiro atoms. The average Bonchev–Trinajstić information content (AvgIpc) is 3.01. The van der Waals surface area contributed by atoms with Crippen LogP contribution in [0.25, 0.3) is 0 Å². The number of hydrogen-bond acceptors (Lipinski definition) is 4. The Hall–Kier alpha value is -1.36. The van der Waals surface area contributed by atoms with Gasteiger partial charge in [0.25, 0.3) is 0 Å². The predicted octanol–water partition coefficient (Wildman–Crippen LogP) is 2.78. The number of methoxy groups -OCH3 is 1. The van der Waals surface area contributed by atoms with E-state index in [-0.39, 0.29) is 22.7 Å². The molecule has 1 amide bonds. The molecular weight excluding hydrogens is 342 g/mol. The number of carbonyl (C=O) groups is 2. The maximum Gasteiger partial charge on any atom is 0.334 e. The number of esters is 1. The number of hydrogen-bond donors (Lipinski definition) is 1. The zero-order chi connectivity index (χ0) is 19.6. The molecule has 1 heterocycles. The number of likely N-dealkylation sites (N-methyl/N-ethyl adjacent to an activating group) is 1. The number of aliphatic hydroxyl groups is 1. The average molecular weight is 376 g/mol. The van der Waals surface area contributed by atoms with E-state index in [0.717, 1.165) is 38.5 Å². The first-order chi connectivity index (χ1) is 12.7. The van der Waals surface area contributed by atoms with E-state index in [0.29, 0.717) is 23.8 Å². The summed E-state index contributed by atoms with van der Waals surface area (Å²) < 4.78 is 4.83. The van der Waals surface area contributed by atoms with Crippen molar-refractivity contribution >= 4 is 11.9 Å². The third-order valence-electron chi connectivity index (χ3n) is 9.02. The van der Waals surface area contributed by atoms with Crippen LogP contribution in [0, 0.1) is 34.5 Å². The van der Waals surface area contributed by atoms with Gasteiger partial charge in [0.1, 0.15) is 0 Å². The van der Waals surface area contributed by atoms with Crippen molar-refractivity contribution in [3.63, 3.8) is 0 Å². The molecule has 8 atom stereocenters. The quantitative estimate of drug-likeness (QED) is 0.754.